The van der Waals surface area contributed by atoms with Gasteiger partial charge in [0.05, 0.1) is 0 Å². The summed E-state index contributed by atoms with van der Waals surface area (Å²) in [4.78, 5) is 0. The molecule has 1 unspecified atom stereocenters. The van der Waals surface area contributed by atoms with Crippen LogP contribution in [-0.4, -0.2) is 19.8 Å². The van der Waals surface area contributed by atoms with Crippen molar-refractivity contribution < 1.29 is 13.5 Å². The maximum Gasteiger partial charge on any atom is 0.131 e. The highest BCUT2D eigenvalue weighted by Crippen LogP contribution is 2.21. The zero-order chi connectivity index (χ0) is 12.7. The zero-order valence-corrected chi connectivity index (χ0v) is 10.3. The molecule has 0 aliphatic rings. The standard InChI is InChI=1S/C13H19F2NO/c1-3-7-16-10(2)12-5-4-11(9-13(12)15)17-8-6-14/h4-5,9-10,16H,3,6-8H2,1-2H3. The fourth-order valence-corrected chi connectivity index (χ4v) is 1.58. The molecule has 0 spiro atoms. The maximum absolute atomic E-state index is 13.7. The van der Waals surface area contributed by atoms with Crippen molar-refractivity contribution in [2.45, 2.75) is 26.3 Å². The molecule has 1 rings (SSSR count). The van der Waals surface area contributed by atoms with E-state index in [9.17, 15) is 8.78 Å². The van der Waals surface area contributed by atoms with Gasteiger partial charge >= 0.3 is 0 Å². The summed E-state index contributed by atoms with van der Waals surface area (Å²) in [7, 11) is 0. The molecule has 1 atom stereocenters. The van der Waals surface area contributed by atoms with Crippen LogP contribution in [0.1, 0.15) is 31.9 Å². The summed E-state index contributed by atoms with van der Waals surface area (Å²) in [6, 6.07) is 4.61. The van der Waals surface area contributed by atoms with E-state index in [-0.39, 0.29) is 18.5 Å². The van der Waals surface area contributed by atoms with Gasteiger partial charge in [-0.2, -0.15) is 0 Å². The van der Waals surface area contributed by atoms with Gasteiger partial charge in [-0.15, -0.1) is 0 Å². The lowest BCUT2D eigenvalue weighted by atomic mass is 10.1. The van der Waals surface area contributed by atoms with Gasteiger partial charge in [0.15, 0.2) is 0 Å². The first kappa shape index (κ1) is 13.9. The fourth-order valence-electron chi connectivity index (χ4n) is 1.58. The number of halogens is 2. The maximum atomic E-state index is 13.7. The van der Waals surface area contributed by atoms with Crippen molar-refractivity contribution in [2.75, 3.05) is 19.8 Å². The van der Waals surface area contributed by atoms with Crippen LogP contribution in [0.3, 0.4) is 0 Å². The minimum atomic E-state index is -0.572. The third-order valence-electron chi connectivity index (χ3n) is 2.48. The van der Waals surface area contributed by atoms with E-state index in [4.69, 9.17) is 4.74 Å². The van der Waals surface area contributed by atoms with Gasteiger partial charge in [-0.25, -0.2) is 8.78 Å². The molecule has 2 nitrogen and oxygen atoms in total. The lowest BCUT2D eigenvalue weighted by Crippen LogP contribution is -2.20. The minimum Gasteiger partial charge on any atom is -0.491 e. The molecule has 0 heterocycles. The topological polar surface area (TPSA) is 21.3 Å². The molecule has 17 heavy (non-hydrogen) atoms. The number of alkyl halides is 1. The number of benzene rings is 1. The highest BCUT2D eigenvalue weighted by molar-refractivity contribution is 5.30. The second-order valence-corrected chi connectivity index (χ2v) is 3.90. The molecule has 0 aliphatic carbocycles. The van der Waals surface area contributed by atoms with Crippen molar-refractivity contribution in [3.05, 3.63) is 29.6 Å². The Kier molecular flexibility index (Phi) is 5.91. The van der Waals surface area contributed by atoms with Crippen LogP contribution in [0.25, 0.3) is 0 Å². The van der Waals surface area contributed by atoms with Crippen LogP contribution in [0.15, 0.2) is 18.2 Å². The summed E-state index contributed by atoms with van der Waals surface area (Å²) in [5.74, 6) is 0.0454. The highest BCUT2D eigenvalue weighted by atomic mass is 19.1. The SMILES string of the molecule is CCCNC(C)c1ccc(OCCF)cc1F. The van der Waals surface area contributed by atoms with Crippen LogP contribution in [0, 0.1) is 5.82 Å². The van der Waals surface area contributed by atoms with Crippen molar-refractivity contribution >= 4 is 0 Å². The Labute approximate surface area is 101 Å². The molecule has 0 amide bonds. The van der Waals surface area contributed by atoms with E-state index < -0.39 is 6.67 Å². The van der Waals surface area contributed by atoms with Gasteiger partial charge in [-0.1, -0.05) is 13.0 Å². The first-order chi connectivity index (χ1) is 8.19. The average molecular weight is 243 g/mol. The normalized spacial score (nSPS) is 12.5. The van der Waals surface area contributed by atoms with Gasteiger partial charge in [0, 0.05) is 17.7 Å². The Morgan fingerprint density at radius 2 is 2.18 bits per heavy atom. The fraction of sp³-hybridized carbons (Fsp3) is 0.538. The van der Waals surface area contributed by atoms with Gasteiger partial charge in [0.25, 0.3) is 0 Å². The third-order valence-corrected chi connectivity index (χ3v) is 2.48. The number of ether oxygens (including phenoxy) is 1. The van der Waals surface area contributed by atoms with Crippen LogP contribution >= 0.6 is 0 Å². The van der Waals surface area contributed by atoms with Gasteiger partial charge in [0.2, 0.25) is 0 Å². The van der Waals surface area contributed by atoms with Crippen LogP contribution < -0.4 is 10.1 Å². The summed E-state index contributed by atoms with van der Waals surface area (Å²) in [6.45, 7) is 4.21. The van der Waals surface area contributed by atoms with Crippen LogP contribution in [0.2, 0.25) is 0 Å². The molecule has 1 aromatic carbocycles. The molecule has 0 aromatic heterocycles. The van der Waals surface area contributed by atoms with Crippen molar-refractivity contribution in [1.29, 1.82) is 0 Å². The monoisotopic (exact) mass is 243 g/mol. The van der Waals surface area contributed by atoms with Gasteiger partial charge in [-0.3, -0.25) is 0 Å². The molecular formula is C13H19F2NO. The molecule has 0 aliphatic heterocycles. The first-order valence-corrected chi connectivity index (χ1v) is 5.90. The smallest absolute Gasteiger partial charge is 0.131 e. The third kappa shape index (κ3) is 4.30. The molecule has 1 N–H and O–H groups in total. The predicted molar refractivity (Wildman–Crippen MR) is 64.6 cm³/mol. The van der Waals surface area contributed by atoms with Crippen molar-refractivity contribution in [2.24, 2.45) is 0 Å². The number of nitrogens with one attached hydrogen (secondary N) is 1. The molecule has 0 radical (unpaired) electrons. The Bertz CT molecular complexity index is 344. The largest absolute Gasteiger partial charge is 0.491 e. The van der Waals surface area contributed by atoms with E-state index in [0.717, 1.165) is 13.0 Å². The molecule has 0 saturated heterocycles. The number of rotatable bonds is 7. The number of hydrogen-bond acceptors (Lipinski definition) is 2. The summed E-state index contributed by atoms with van der Waals surface area (Å²) in [5.41, 5.74) is 0.603. The van der Waals surface area contributed by atoms with Crippen LogP contribution in [0.5, 0.6) is 5.75 Å². The second kappa shape index (κ2) is 7.22. The predicted octanol–water partition coefficient (Wildman–Crippen LogP) is 3.23. The van der Waals surface area contributed by atoms with Gasteiger partial charge in [0.1, 0.15) is 24.8 Å². The summed E-state index contributed by atoms with van der Waals surface area (Å²) in [5, 5.41) is 3.21. The molecule has 1 aromatic rings. The van der Waals surface area contributed by atoms with Gasteiger partial charge < -0.3 is 10.1 Å². The summed E-state index contributed by atoms with van der Waals surface area (Å²) in [6.07, 6.45) is 1.00. The van der Waals surface area contributed by atoms with Gasteiger partial charge in [-0.05, 0) is 26.0 Å². The van der Waals surface area contributed by atoms with E-state index in [1.165, 1.54) is 6.07 Å². The Balaban J connectivity index is 2.68. The van der Waals surface area contributed by atoms with Crippen molar-refractivity contribution in [3.8, 4) is 5.75 Å². The van der Waals surface area contributed by atoms with Crippen LogP contribution in [-0.2, 0) is 0 Å². The summed E-state index contributed by atoms with van der Waals surface area (Å²) >= 11 is 0. The van der Waals surface area contributed by atoms with Crippen molar-refractivity contribution in [1.82, 2.24) is 5.32 Å². The molecular weight excluding hydrogens is 224 g/mol. The van der Waals surface area contributed by atoms with E-state index in [0.29, 0.717) is 11.3 Å². The highest BCUT2D eigenvalue weighted by Gasteiger charge is 2.10. The summed E-state index contributed by atoms with van der Waals surface area (Å²) < 4.78 is 30.7. The molecule has 96 valence electrons. The molecule has 4 heteroatoms. The van der Waals surface area contributed by atoms with E-state index in [2.05, 4.69) is 12.2 Å². The van der Waals surface area contributed by atoms with Crippen molar-refractivity contribution in [3.63, 3.8) is 0 Å². The Morgan fingerprint density at radius 1 is 1.41 bits per heavy atom. The van der Waals surface area contributed by atoms with Crippen LogP contribution in [0.4, 0.5) is 8.78 Å². The molecule has 0 bridgehead atoms. The Morgan fingerprint density at radius 3 is 2.76 bits per heavy atom. The Hall–Kier alpha value is -1.16. The lowest BCUT2D eigenvalue weighted by molar-refractivity contribution is 0.272. The van der Waals surface area contributed by atoms with E-state index in [1.807, 2.05) is 6.92 Å². The zero-order valence-electron chi connectivity index (χ0n) is 10.3. The van der Waals surface area contributed by atoms with E-state index in [1.54, 1.807) is 12.1 Å². The minimum absolute atomic E-state index is 0.0369. The van der Waals surface area contributed by atoms with E-state index >= 15 is 0 Å². The first-order valence-electron chi connectivity index (χ1n) is 5.90. The molecule has 0 saturated carbocycles. The molecule has 0 fully saturated rings. The second-order valence-electron chi connectivity index (χ2n) is 3.90. The average Bonchev–Trinajstić information content (AvgIpc) is 2.33. The quantitative estimate of drug-likeness (QED) is 0.793. The lowest BCUT2D eigenvalue weighted by Gasteiger charge is -2.15. The number of hydrogen-bond donors (Lipinski definition) is 1.